The zero-order valence-electron chi connectivity index (χ0n) is 8.48. The lowest BCUT2D eigenvalue weighted by Crippen LogP contribution is -2.17. The van der Waals surface area contributed by atoms with Crippen LogP contribution in [0, 0.1) is 0 Å². The predicted molar refractivity (Wildman–Crippen MR) is 60.0 cm³/mol. The molecule has 1 aromatic rings. The molecule has 0 radical (unpaired) electrons. The average molecular weight is 185 g/mol. The first-order valence-electron chi connectivity index (χ1n) is 4.95. The SMILES string of the molecule is CN1C=CC=C(Cc2ccccc2)C1. The lowest BCUT2D eigenvalue weighted by Gasteiger charge is -2.19. The minimum atomic E-state index is 1.05. The fourth-order valence-corrected chi connectivity index (χ4v) is 1.72. The fourth-order valence-electron chi connectivity index (χ4n) is 1.72. The Bertz CT molecular complexity index is 349. The van der Waals surface area contributed by atoms with Crippen molar-refractivity contribution >= 4 is 0 Å². The minimum Gasteiger partial charge on any atom is -0.376 e. The first-order chi connectivity index (χ1) is 6.84. The van der Waals surface area contributed by atoms with E-state index in [9.17, 15) is 0 Å². The number of hydrogen-bond donors (Lipinski definition) is 0. The number of rotatable bonds is 2. The summed E-state index contributed by atoms with van der Waals surface area (Å²) in [7, 11) is 2.11. The quantitative estimate of drug-likeness (QED) is 0.684. The molecule has 0 saturated carbocycles. The first kappa shape index (κ1) is 9.07. The number of nitrogens with zero attached hydrogens (tertiary/aromatic N) is 1. The van der Waals surface area contributed by atoms with E-state index in [1.54, 1.807) is 0 Å². The molecule has 14 heavy (non-hydrogen) atoms. The Morgan fingerprint density at radius 3 is 2.71 bits per heavy atom. The third kappa shape index (κ3) is 2.25. The highest BCUT2D eigenvalue weighted by Crippen LogP contribution is 2.12. The normalized spacial score (nSPS) is 15.5. The molecule has 0 atom stereocenters. The summed E-state index contributed by atoms with van der Waals surface area (Å²) in [5.41, 5.74) is 2.86. The summed E-state index contributed by atoms with van der Waals surface area (Å²) in [6, 6.07) is 10.6. The Morgan fingerprint density at radius 2 is 2.00 bits per heavy atom. The third-order valence-corrected chi connectivity index (χ3v) is 2.40. The van der Waals surface area contributed by atoms with Gasteiger partial charge in [0.1, 0.15) is 0 Å². The van der Waals surface area contributed by atoms with Gasteiger partial charge in [-0.1, -0.05) is 36.4 Å². The zero-order valence-corrected chi connectivity index (χ0v) is 8.48. The summed E-state index contributed by atoms with van der Waals surface area (Å²) < 4.78 is 0. The molecule has 0 fully saturated rings. The van der Waals surface area contributed by atoms with Crippen molar-refractivity contribution in [3.8, 4) is 0 Å². The Labute approximate surface area is 85.4 Å². The highest BCUT2D eigenvalue weighted by Gasteiger charge is 2.03. The average Bonchev–Trinajstić information content (AvgIpc) is 2.19. The van der Waals surface area contributed by atoms with Gasteiger partial charge in [0.25, 0.3) is 0 Å². The molecule has 1 aliphatic heterocycles. The van der Waals surface area contributed by atoms with Crippen molar-refractivity contribution < 1.29 is 0 Å². The van der Waals surface area contributed by atoms with Gasteiger partial charge in [-0.3, -0.25) is 0 Å². The van der Waals surface area contributed by atoms with E-state index >= 15 is 0 Å². The van der Waals surface area contributed by atoms with Gasteiger partial charge in [0.05, 0.1) is 0 Å². The Hall–Kier alpha value is -1.50. The molecule has 2 rings (SSSR count). The second-order valence-electron chi connectivity index (χ2n) is 3.74. The smallest absolute Gasteiger partial charge is 0.0386 e. The second kappa shape index (κ2) is 4.14. The molecule has 0 aliphatic carbocycles. The lowest BCUT2D eigenvalue weighted by atomic mass is 10.0. The summed E-state index contributed by atoms with van der Waals surface area (Å²) >= 11 is 0. The largest absolute Gasteiger partial charge is 0.376 e. The van der Waals surface area contributed by atoms with E-state index in [2.05, 4.69) is 60.6 Å². The van der Waals surface area contributed by atoms with Gasteiger partial charge in [-0.2, -0.15) is 0 Å². The Morgan fingerprint density at radius 1 is 1.21 bits per heavy atom. The maximum Gasteiger partial charge on any atom is 0.0386 e. The molecular weight excluding hydrogens is 170 g/mol. The molecule has 0 bridgehead atoms. The van der Waals surface area contributed by atoms with Gasteiger partial charge in [0.2, 0.25) is 0 Å². The van der Waals surface area contributed by atoms with Crippen LogP contribution in [0.4, 0.5) is 0 Å². The Balaban J connectivity index is 2.05. The predicted octanol–water partition coefficient (Wildman–Crippen LogP) is 2.61. The maximum absolute atomic E-state index is 2.22. The molecule has 1 aliphatic rings. The van der Waals surface area contributed by atoms with Crippen LogP contribution in [0.3, 0.4) is 0 Å². The highest BCUT2D eigenvalue weighted by molar-refractivity contribution is 5.26. The van der Waals surface area contributed by atoms with Gasteiger partial charge < -0.3 is 4.90 Å². The van der Waals surface area contributed by atoms with E-state index in [1.165, 1.54) is 11.1 Å². The van der Waals surface area contributed by atoms with Gasteiger partial charge >= 0.3 is 0 Å². The molecule has 0 N–H and O–H groups in total. The van der Waals surface area contributed by atoms with E-state index in [0.29, 0.717) is 0 Å². The van der Waals surface area contributed by atoms with Crippen LogP contribution in [0.25, 0.3) is 0 Å². The van der Waals surface area contributed by atoms with E-state index < -0.39 is 0 Å². The summed E-state index contributed by atoms with van der Waals surface area (Å²) in [5.74, 6) is 0. The molecule has 0 spiro atoms. The number of benzene rings is 1. The van der Waals surface area contributed by atoms with E-state index in [0.717, 1.165) is 13.0 Å². The van der Waals surface area contributed by atoms with Crippen LogP contribution in [0.5, 0.6) is 0 Å². The molecule has 1 nitrogen and oxygen atoms in total. The number of allylic oxidation sites excluding steroid dienone is 2. The first-order valence-corrected chi connectivity index (χ1v) is 4.95. The van der Waals surface area contributed by atoms with E-state index in [-0.39, 0.29) is 0 Å². The van der Waals surface area contributed by atoms with Crippen LogP contribution >= 0.6 is 0 Å². The summed E-state index contributed by atoms with van der Waals surface area (Å²) in [6.07, 6.45) is 7.50. The van der Waals surface area contributed by atoms with Crippen molar-refractivity contribution in [3.63, 3.8) is 0 Å². The fraction of sp³-hybridized carbons (Fsp3) is 0.231. The van der Waals surface area contributed by atoms with Crippen molar-refractivity contribution in [2.24, 2.45) is 0 Å². The molecule has 1 heterocycles. The standard InChI is InChI=1S/C13H15N/c1-14-9-5-8-13(11-14)10-12-6-3-2-4-7-12/h2-9H,10-11H2,1H3. The van der Waals surface area contributed by atoms with Crippen LogP contribution < -0.4 is 0 Å². The van der Waals surface area contributed by atoms with E-state index in [1.807, 2.05) is 0 Å². The van der Waals surface area contributed by atoms with Crippen LogP contribution in [0.1, 0.15) is 5.56 Å². The number of hydrogen-bond acceptors (Lipinski definition) is 1. The lowest BCUT2D eigenvalue weighted by molar-refractivity contribution is 0.486. The second-order valence-corrected chi connectivity index (χ2v) is 3.74. The maximum atomic E-state index is 2.22. The van der Waals surface area contributed by atoms with Crippen molar-refractivity contribution in [3.05, 3.63) is 59.8 Å². The van der Waals surface area contributed by atoms with Crippen molar-refractivity contribution in [2.75, 3.05) is 13.6 Å². The van der Waals surface area contributed by atoms with Gasteiger partial charge in [0, 0.05) is 13.6 Å². The summed E-state index contributed by atoms with van der Waals surface area (Å²) in [5, 5.41) is 0. The van der Waals surface area contributed by atoms with Crippen molar-refractivity contribution in [1.82, 2.24) is 4.90 Å². The molecular formula is C13H15N. The highest BCUT2D eigenvalue weighted by atomic mass is 15.1. The van der Waals surface area contributed by atoms with E-state index in [4.69, 9.17) is 0 Å². The van der Waals surface area contributed by atoms with Gasteiger partial charge in [-0.05, 0) is 29.8 Å². The van der Waals surface area contributed by atoms with Crippen LogP contribution in [-0.2, 0) is 6.42 Å². The molecule has 0 amide bonds. The summed E-state index contributed by atoms with van der Waals surface area (Å²) in [6.45, 7) is 1.05. The number of likely N-dealkylation sites (N-methyl/N-ethyl adjacent to an activating group) is 1. The molecule has 0 saturated heterocycles. The Kier molecular flexibility index (Phi) is 2.68. The summed E-state index contributed by atoms with van der Waals surface area (Å²) in [4.78, 5) is 2.21. The topological polar surface area (TPSA) is 3.24 Å². The van der Waals surface area contributed by atoms with Crippen molar-refractivity contribution in [1.29, 1.82) is 0 Å². The van der Waals surface area contributed by atoms with Crippen LogP contribution in [0.2, 0.25) is 0 Å². The minimum absolute atomic E-state index is 1.05. The third-order valence-electron chi connectivity index (χ3n) is 2.40. The van der Waals surface area contributed by atoms with Gasteiger partial charge in [0.15, 0.2) is 0 Å². The zero-order chi connectivity index (χ0) is 9.80. The molecule has 0 aromatic heterocycles. The molecule has 1 aromatic carbocycles. The molecule has 0 unspecified atom stereocenters. The monoisotopic (exact) mass is 185 g/mol. The van der Waals surface area contributed by atoms with Crippen LogP contribution in [0.15, 0.2) is 54.3 Å². The molecule has 1 heteroatoms. The van der Waals surface area contributed by atoms with Gasteiger partial charge in [-0.15, -0.1) is 0 Å². The van der Waals surface area contributed by atoms with Crippen molar-refractivity contribution in [2.45, 2.75) is 6.42 Å². The van der Waals surface area contributed by atoms with Gasteiger partial charge in [-0.25, -0.2) is 0 Å². The van der Waals surface area contributed by atoms with Crippen LogP contribution in [-0.4, -0.2) is 18.5 Å². The molecule has 72 valence electrons.